The molecular formula is C28H32N2O5. The number of aryl methyl sites for hydroxylation is 2. The minimum atomic E-state index is -0.531. The van der Waals surface area contributed by atoms with E-state index in [-0.39, 0.29) is 23.2 Å². The monoisotopic (exact) mass is 476 g/mol. The Morgan fingerprint density at radius 2 is 1.77 bits per heavy atom. The maximum absolute atomic E-state index is 13.8. The Labute approximate surface area is 205 Å². The average Bonchev–Trinajstić information content (AvgIpc) is 3.11. The van der Waals surface area contributed by atoms with Gasteiger partial charge in [0.2, 0.25) is 5.76 Å². The van der Waals surface area contributed by atoms with Gasteiger partial charge in [0.15, 0.2) is 5.43 Å². The second-order valence-electron chi connectivity index (χ2n) is 9.70. The first-order valence-corrected chi connectivity index (χ1v) is 12.3. The van der Waals surface area contributed by atoms with Crippen molar-refractivity contribution in [3.05, 3.63) is 74.6 Å². The maximum atomic E-state index is 13.8. The zero-order valence-electron chi connectivity index (χ0n) is 20.8. The number of benzene rings is 2. The van der Waals surface area contributed by atoms with Crippen LogP contribution in [0.5, 0.6) is 5.75 Å². The van der Waals surface area contributed by atoms with Gasteiger partial charge in [-0.25, -0.2) is 0 Å². The Morgan fingerprint density at radius 3 is 2.51 bits per heavy atom. The molecule has 0 saturated carbocycles. The highest BCUT2D eigenvalue weighted by atomic mass is 16.5. The molecule has 0 bridgehead atoms. The molecule has 3 heterocycles. The van der Waals surface area contributed by atoms with Crippen molar-refractivity contribution in [1.82, 2.24) is 9.80 Å². The van der Waals surface area contributed by atoms with E-state index in [1.807, 2.05) is 64.1 Å². The number of carbonyl (C=O) groups is 1. The lowest BCUT2D eigenvalue weighted by Gasteiger charge is -2.31. The van der Waals surface area contributed by atoms with Gasteiger partial charge in [-0.1, -0.05) is 12.1 Å². The number of nitrogens with zero attached hydrogens (tertiary/aromatic N) is 2. The van der Waals surface area contributed by atoms with Crippen molar-refractivity contribution >= 4 is 16.9 Å². The first-order valence-electron chi connectivity index (χ1n) is 12.3. The number of morpholine rings is 1. The van der Waals surface area contributed by atoms with Gasteiger partial charge in [0.25, 0.3) is 5.91 Å². The molecule has 1 saturated heterocycles. The normalized spacial score (nSPS) is 18.5. The molecule has 2 aliphatic rings. The van der Waals surface area contributed by atoms with Gasteiger partial charge in [0.05, 0.1) is 36.3 Å². The van der Waals surface area contributed by atoms with Crippen LogP contribution in [0.25, 0.3) is 11.0 Å². The largest absolute Gasteiger partial charge is 0.491 e. The van der Waals surface area contributed by atoms with Crippen molar-refractivity contribution in [1.29, 1.82) is 0 Å². The summed E-state index contributed by atoms with van der Waals surface area (Å²) in [4.78, 5) is 31.6. The zero-order chi connectivity index (χ0) is 24.7. The van der Waals surface area contributed by atoms with E-state index < -0.39 is 6.04 Å². The lowest BCUT2D eigenvalue weighted by Crippen LogP contribution is -2.42. The molecule has 1 amide bonds. The summed E-state index contributed by atoms with van der Waals surface area (Å²) in [7, 11) is 0. The van der Waals surface area contributed by atoms with E-state index in [0.717, 1.165) is 29.8 Å². The van der Waals surface area contributed by atoms with Crippen molar-refractivity contribution in [2.75, 3.05) is 39.4 Å². The van der Waals surface area contributed by atoms with Gasteiger partial charge >= 0.3 is 0 Å². The second-order valence-corrected chi connectivity index (χ2v) is 9.70. The smallest absolute Gasteiger partial charge is 0.290 e. The third-order valence-corrected chi connectivity index (χ3v) is 6.89. The molecule has 7 nitrogen and oxygen atoms in total. The fourth-order valence-electron chi connectivity index (χ4n) is 4.96. The molecular weight excluding hydrogens is 444 g/mol. The molecule has 0 aliphatic carbocycles. The fraction of sp³-hybridized carbons (Fsp3) is 0.429. The molecule has 3 aromatic rings. The second kappa shape index (κ2) is 9.47. The van der Waals surface area contributed by atoms with Gasteiger partial charge in [-0.15, -0.1) is 0 Å². The van der Waals surface area contributed by atoms with Crippen molar-refractivity contribution < 1.29 is 18.7 Å². The minimum absolute atomic E-state index is 0.0143. The van der Waals surface area contributed by atoms with Crippen LogP contribution in [0.2, 0.25) is 0 Å². The van der Waals surface area contributed by atoms with Crippen LogP contribution >= 0.6 is 0 Å². The quantitative estimate of drug-likeness (QED) is 0.534. The van der Waals surface area contributed by atoms with Gasteiger partial charge in [0, 0.05) is 26.2 Å². The SMILES string of the molecule is Cc1cc2oc3c(c(=O)c2cc1C)C(c1cccc(OC(C)C)c1)N(CCN1CCOCC1)C3=O. The molecule has 2 aromatic carbocycles. The predicted octanol–water partition coefficient (Wildman–Crippen LogP) is 4.07. The van der Waals surface area contributed by atoms with Crippen LogP contribution in [0.1, 0.15) is 52.7 Å². The van der Waals surface area contributed by atoms with Gasteiger partial charge in [0.1, 0.15) is 11.3 Å². The van der Waals surface area contributed by atoms with Crippen LogP contribution < -0.4 is 10.2 Å². The van der Waals surface area contributed by atoms with Crippen molar-refractivity contribution in [2.24, 2.45) is 0 Å². The van der Waals surface area contributed by atoms with Gasteiger partial charge in [-0.05, 0) is 68.7 Å². The minimum Gasteiger partial charge on any atom is -0.491 e. The van der Waals surface area contributed by atoms with Crippen LogP contribution in [0.4, 0.5) is 0 Å². The maximum Gasteiger partial charge on any atom is 0.290 e. The van der Waals surface area contributed by atoms with E-state index >= 15 is 0 Å². The van der Waals surface area contributed by atoms with Crippen molar-refractivity contribution in [3.8, 4) is 5.75 Å². The fourth-order valence-corrected chi connectivity index (χ4v) is 4.96. The Morgan fingerprint density at radius 1 is 1.03 bits per heavy atom. The topological polar surface area (TPSA) is 72.2 Å². The van der Waals surface area contributed by atoms with Crippen LogP contribution in [0.15, 0.2) is 45.6 Å². The standard InChI is InChI=1S/C28H32N2O5/c1-17(2)34-21-7-5-6-20(16-21)25-24-26(31)22-14-18(3)19(4)15-23(22)35-27(24)28(32)30(25)9-8-29-10-12-33-13-11-29/h5-7,14-17,25H,8-13H2,1-4H3. The van der Waals surface area contributed by atoms with E-state index in [4.69, 9.17) is 13.9 Å². The number of carbonyl (C=O) groups excluding carboxylic acids is 1. The van der Waals surface area contributed by atoms with Crippen molar-refractivity contribution in [2.45, 2.75) is 39.8 Å². The number of rotatable bonds is 6. The molecule has 1 fully saturated rings. The number of amides is 1. The highest BCUT2D eigenvalue weighted by Gasteiger charge is 2.43. The van der Waals surface area contributed by atoms with Crippen LogP contribution in [0.3, 0.4) is 0 Å². The Bertz CT molecular complexity index is 1320. The highest BCUT2D eigenvalue weighted by Crippen LogP contribution is 2.39. The Kier molecular flexibility index (Phi) is 6.38. The molecule has 1 aromatic heterocycles. The van der Waals surface area contributed by atoms with Crippen LogP contribution in [-0.2, 0) is 4.74 Å². The summed E-state index contributed by atoms with van der Waals surface area (Å²) < 4.78 is 17.5. The zero-order valence-corrected chi connectivity index (χ0v) is 20.8. The molecule has 5 rings (SSSR count). The molecule has 0 spiro atoms. The molecule has 184 valence electrons. The first-order chi connectivity index (χ1) is 16.8. The lowest BCUT2D eigenvalue weighted by molar-refractivity contribution is 0.0314. The summed E-state index contributed by atoms with van der Waals surface area (Å²) in [6, 6.07) is 10.9. The first kappa shape index (κ1) is 23.6. The molecule has 2 aliphatic heterocycles. The van der Waals surface area contributed by atoms with Gasteiger partial charge in [-0.3, -0.25) is 14.5 Å². The van der Waals surface area contributed by atoms with E-state index in [9.17, 15) is 9.59 Å². The summed E-state index contributed by atoms with van der Waals surface area (Å²) >= 11 is 0. The summed E-state index contributed by atoms with van der Waals surface area (Å²) in [5, 5.41) is 0.509. The third kappa shape index (κ3) is 4.46. The van der Waals surface area contributed by atoms with Gasteiger partial charge < -0.3 is 18.8 Å². The van der Waals surface area contributed by atoms with Gasteiger partial charge in [-0.2, -0.15) is 0 Å². The van der Waals surface area contributed by atoms with E-state index in [0.29, 0.717) is 48.6 Å². The van der Waals surface area contributed by atoms with E-state index in [1.54, 1.807) is 4.90 Å². The van der Waals surface area contributed by atoms with E-state index in [1.165, 1.54) is 0 Å². The predicted molar refractivity (Wildman–Crippen MR) is 134 cm³/mol. The molecule has 0 N–H and O–H groups in total. The summed E-state index contributed by atoms with van der Waals surface area (Å²) in [6.07, 6.45) is 0.0143. The average molecular weight is 477 g/mol. The summed E-state index contributed by atoms with van der Waals surface area (Å²) in [6.45, 7) is 12.1. The number of fused-ring (bicyclic) bond motifs is 2. The van der Waals surface area contributed by atoms with E-state index in [2.05, 4.69) is 4.90 Å². The molecule has 0 radical (unpaired) electrons. The van der Waals surface area contributed by atoms with Crippen LogP contribution in [0, 0.1) is 13.8 Å². The number of hydrogen-bond donors (Lipinski definition) is 0. The summed E-state index contributed by atoms with van der Waals surface area (Å²) in [5.74, 6) is 0.613. The highest BCUT2D eigenvalue weighted by molar-refractivity contribution is 5.99. The molecule has 1 unspecified atom stereocenters. The number of hydrogen-bond acceptors (Lipinski definition) is 6. The molecule has 7 heteroatoms. The van der Waals surface area contributed by atoms with Crippen molar-refractivity contribution in [3.63, 3.8) is 0 Å². The third-order valence-electron chi connectivity index (χ3n) is 6.89. The van der Waals surface area contributed by atoms with Crippen LogP contribution in [-0.4, -0.2) is 61.2 Å². The molecule has 35 heavy (non-hydrogen) atoms. The molecule has 1 atom stereocenters. The Balaban J connectivity index is 1.62. The Hall–Kier alpha value is -3.16. The summed E-state index contributed by atoms with van der Waals surface area (Å²) in [5.41, 5.74) is 3.59. The number of ether oxygens (including phenoxy) is 2. The lowest BCUT2D eigenvalue weighted by atomic mass is 9.97.